The van der Waals surface area contributed by atoms with Gasteiger partial charge in [-0.25, -0.2) is 0 Å². The highest BCUT2D eigenvalue weighted by Gasteiger charge is 2.23. The summed E-state index contributed by atoms with van der Waals surface area (Å²) in [7, 11) is 0. The summed E-state index contributed by atoms with van der Waals surface area (Å²) >= 11 is 3.54. The zero-order valence-corrected chi connectivity index (χ0v) is 13.2. The molecule has 1 amide bonds. The molecule has 1 saturated carbocycles. The van der Waals surface area contributed by atoms with Gasteiger partial charge in [0.05, 0.1) is 0 Å². The normalized spacial score (nSPS) is 13.8. The number of benzene rings is 2. The van der Waals surface area contributed by atoms with Gasteiger partial charge in [0.15, 0.2) is 0 Å². The fourth-order valence-electron chi connectivity index (χ4n) is 2.07. The van der Waals surface area contributed by atoms with Gasteiger partial charge in [-0.2, -0.15) is 0 Å². The number of halogens is 1. The van der Waals surface area contributed by atoms with Crippen LogP contribution in [0.1, 0.15) is 28.8 Å². The van der Waals surface area contributed by atoms with E-state index in [0.717, 1.165) is 29.5 Å². The second kappa shape index (κ2) is 6.31. The first-order valence-corrected chi connectivity index (χ1v) is 7.90. The lowest BCUT2D eigenvalue weighted by molar-refractivity contribution is 0.0951. The topological polar surface area (TPSA) is 41.1 Å². The molecule has 0 bridgehead atoms. The molecule has 3 nitrogen and oxygen atoms in total. The Kier molecular flexibility index (Phi) is 4.25. The maximum absolute atomic E-state index is 11.9. The molecule has 0 atom stereocenters. The molecule has 0 unspecified atom stereocenters. The smallest absolute Gasteiger partial charge is 0.251 e. The zero-order chi connectivity index (χ0) is 14.7. The molecular weight excluding hydrogens is 328 g/mol. The third-order valence-corrected chi connectivity index (χ3v) is 4.27. The molecule has 0 radical (unpaired) electrons. The Morgan fingerprint density at radius 2 is 1.81 bits per heavy atom. The number of hydrogen-bond acceptors (Lipinski definition) is 2. The Hall–Kier alpha value is -1.81. The number of hydrogen-bond donors (Lipinski definition) is 2. The second-order valence-electron chi connectivity index (χ2n) is 5.27. The summed E-state index contributed by atoms with van der Waals surface area (Å²) in [5, 5.41) is 6.35. The van der Waals surface area contributed by atoms with E-state index in [1.54, 1.807) is 0 Å². The third-order valence-electron chi connectivity index (χ3n) is 3.50. The molecular formula is C17H17BrN2O. The molecule has 0 spiro atoms. The van der Waals surface area contributed by atoms with Gasteiger partial charge >= 0.3 is 0 Å². The Morgan fingerprint density at radius 3 is 2.48 bits per heavy atom. The van der Waals surface area contributed by atoms with E-state index in [9.17, 15) is 4.79 Å². The number of carbonyl (C=O) groups is 1. The van der Waals surface area contributed by atoms with Crippen LogP contribution in [0.3, 0.4) is 0 Å². The van der Waals surface area contributed by atoms with Gasteiger partial charge in [-0.05, 0) is 48.7 Å². The summed E-state index contributed by atoms with van der Waals surface area (Å²) in [5.74, 6) is 0.0230. The van der Waals surface area contributed by atoms with Gasteiger partial charge in [-0.3, -0.25) is 4.79 Å². The van der Waals surface area contributed by atoms with E-state index in [1.807, 2.05) is 42.5 Å². The van der Waals surface area contributed by atoms with Crippen LogP contribution in [-0.4, -0.2) is 11.9 Å². The third kappa shape index (κ3) is 3.85. The predicted molar refractivity (Wildman–Crippen MR) is 88.4 cm³/mol. The molecule has 2 aromatic carbocycles. The van der Waals surface area contributed by atoms with E-state index in [-0.39, 0.29) is 5.91 Å². The summed E-state index contributed by atoms with van der Waals surface area (Å²) in [5.41, 5.74) is 2.93. The fraction of sp³-hybridized carbons (Fsp3) is 0.235. The largest absolute Gasteiger partial charge is 0.381 e. The number of carbonyl (C=O) groups excluding carboxylic acids is 1. The van der Waals surface area contributed by atoms with Crippen LogP contribution in [0.5, 0.6) is 0 Å². The van der Waals surface area contributed by atoms with Gasteiger partial charge in [0.2, 0.25) is 0 Å². The van der Waals surface area contributed by atoms with Crippen molar-refractivity contribution in [2.24, 2.45) is 0 Å². The van der Waals surface area contributed by atoms with Crippen LogP contribution in [0.2, 0.25) is 0 Å². The first-order valence-electron chi connectivity index (χ1n) is 7.10. The predicted octanol–water partition coefficient (Wildman–Crippen LogP) is 3.95. The molecule has 2 N–H and O–H groups in total. The first-order chi connectivity index (χ1) is 10.2. The summed E-state index contributed by atoms with van der Waals surface area (Å²) in [6, 6.07) is 16.1. The van der Waals surface area contributed by atoms with Crippen molar-refractivity contribution in [3.8, 4) is 0 Å². The van der Waals surface area contributed by atoms with Gasteiger partial charge < -0.3 is 10.6 Å². The van der Waals surface area contributed by atoms with Crippen molar-refractivity contribution in [3.05, 3.63) is 64.1 Å². The van der Waals surface area contributed by atoms with Crippen LogP contribution in [0.15, 0.2) is 53.0 Å². The Morgan fingerprint density at radius 1 is 1.10 bits per heavy atom. The number of amides is 1. The SMILES string of the molecule is O=C(NC1CC1)c1ccc(NCc2ccccc2Br)cc1. The molecule has 0 aromatic heterocycles. The Balaban J connectivity index is 1.59. The summed E-state index contributed by atoms with van der Waals surface area (Å²) in [6.07, 6.45) is 2.22. The van der Waals surface area contributed by atoms with Crippen molar-refractivity contribution in [3.63, 3.8) is 0 Å². The molecule has 0 saturated heterocycles. The summed E-state index contributed by atoms with van der Waals surface area (Å²) in [6.45, 7) is 0.745. The van der Waals surface area contributed by atoms with Crippen molar-refractivity contribution in [2.75, 3.05) is 5.32 Å². The number of anilines is 1. The van der Waals surface area contributed by atoms with Crippen LogP contribution in [0.25, 0.3) is 0 Å². The molecule has 0 aliphatic heterocycles. The minimum Gasteiger partial charge on any atom is -0.381 e. The van der Waals surface area contributed by atoms with Crippen LogP contribution < -0.4 is 10.6 Å². The fourth-order valence-corrected chi connectivity index (χ4v) is 2.50. The van der Waals surface area contributed by atoms with E-state index in [4.69, 9.17) is 0 Å². The monoisotopic (exact) mass is 344 g/mol. The van der Waals surface area contributed by atoms with Crippen LogP contribution in [-0.2, 0) is 6.54 Å². The lowest BCUT2D eigenvalue weighted by atomic mass is 10.2. The Labute approximate surface area is 132 Å². The minimum atomic E-state index is 0.0230. The molecule has 1 fully saturated rings. The van der Waals surface area contributed by atoms with Gasteiger partial charge in [-0.15, -0.1) is 0 Å². The molecule has 21 heavy (non-hydrogen) atoms. The van der Waals surface area contributed by atoms with Crippen molar-refractivity contribution < 1.29 is 4.79 Å². The van der Waals surface area contributed by atoms with Gasteiger partial charge in [0, 0.05) is 28.3 Å². The van der Waals surface area contributed by atoms with Gasteiger partial charge in [0.25, 0.3) is 5.91 Å². The second-order valence-corrected chi connectivity index (χ2v) is 6.12. The minimum absolute atomic E-state index is 0.0230. The van der Waals surface area contributed by atoms with E-state index in [1.165, 1.54) is 5.56 Å². The van der Waals surface area contributed by atoms with Gasteiger partial charge in [0.1, 0.15) is 0 Å². The van der Waals surface area contributed by atoms with Crippen molar-refractivity contribution in [1.82, 2.24) is 5.32 Å². The molecule has 1 aliphatic carbocycles. The lowest BCUT2D eigenvalue weighted by Crippen LogP contribution is -2.25. The molecule has 1 aliphatic rings. The van der Waals surface area contributed by atoms with Gasteiger partial charge in [-0.1, -0.05) is 34.1 Å². The average Bonchev–Trinajstić information content (AvgIpc) is 3.31. The van der Waals surface area contributed by atoms with Crippen molar-refractivity contribution in [1.29, 1.82) is 0 Å². The quantitative estimate of drug-likeness (QED) is 0.861. The maximum atomic E-state index is 11.9. The molecule has 2 aromatic rings. The van der Waals surface area contributed by atoms with E-state index < -0.39 is 0 Å². The van der Waals surface area contributed by atoms with Crippen molar-refractivity contribution in [2.45, 2.75) is 25.4 Å². The highest BCUT2D eigenvalue weighted by molar-refractivity contribution is 9.10. The van der Waals surface area contributed by atoms with Crippen molar-refractivity contribution >= 4 is 27.5 Å². The standard InChI is InChI=1S/C17H17BrN2O/c18-16-4-2-1-3-13(16)11-19-14-7-5-12(6-8-14)17(21)20-15-9-10-15/h1-8,15,19H,9-11H2,(H,20,21). The number of rotatable bonds is 5. The highest BCUT2D eigenvalue weighted by atomic mass is 79.9. The summed E-state index contributed by atoms with van der Waals surface area (Å²) < 4.78 is 1.10. The molecule has 3 rings (SSSR count). The molecule has 0 heterocycles. The first kappa shape index (κ1) is 14.1. The zero-order valence-electron chi connectivity index (χ0n) is 11.6. The highest BCUT2D eigenvalue weighted by Crippen LogP contribution is 2.20. The Bertz CT molecular complexity index is 635. The molecule has 4 heteroatoms. The average molecular weight is 345 g/mol. The van der Waals surface area contributed by atoms with E-state index in [2.05, 4.69) is 32.6 Å². The maximum Gasteiger partial charge on any atom is 0.251 e. The van der Waals surface area contributed by atoms with Crippen LogP contribution in [0, 0.1) is 0 Å². The lowest BCUT2D eigenvalue weighted by Gasteiger charge is -2.09. The molecule has 108 valence electrons. The van der Waals surface area contributed by atoms with E-state index >= 15 is 0 Å². The summed E-state index contributed by atoms with van der Waals surface area (Å²) in [4.78, 5) is 11.9. The van der Waals surface area contributed by atoms with Crippen LogP contribution in [0.4, 0.5) is 5.69 Å². The van der Waals surface area contributed by atoms with Crippen LogP contribution >= 0.6 is 15.9 Å². The van der Waals surface area contributed by atoms with E-state index in [0.29, 0.717) is 11.6 Å². The number of nitrogens with one attached hydrogen (secondary N) is 2.